The predicted molar refractivity (Wildman–Crippen MR) is 80.5 cm³/mol. The van der Waals surface area contributed by atoms with Crippen LogP contribution >= 0.6 is 0 Å². The van der Waals surface area contributed by atoms with E-state index in [1.165, 1.54) is 0 Å². The summed E-state index contributed by atoms with van der Waals surface area (Å²) in [6.45, 7) is 6.78. The van der Waals surface area contributed by atoms with Gasteiger partial charge in [0.15, 0.2) is 0 Å². The normalized spacial score (nSPS) is 14.6. The highest BCUT2D eigenvalue weighted by molar-refractivity contribution is 5.83. The first kappa shape index (κ1) is 13.6. The number of aromatic amines is 1. The van der Waals surface area contributed by atoms with Crippen LogP contribution < -0.4 is 16.6 Å². The van der Waals surface area contributed by atoms with Gasteiger partial charge in [0.05, 0.1) is 5.54 Å². The Balaban J connectivity index is 2.44. The highest BCUT2D eigenvalue weighted by Crippen LogP contribution is 2.22. The van der Waals surface area contributed by atoms with Gasteiger partial charge in [0.1, 0.15) is 5.82 Å². The number of benzene rings is 1. The van der Waals surface area contributed by atoms with E-state index in [-0.39, 0.29) is 11.1 Å². The lowest BCUT2D eigenvalue weighted by Crippen LogP contribution is -2.47. The molecule has 1 atom stereocenters. The van der Waals surface area contributed by atoms with Crippen molar-refractivity contribution in [3.05, 3.63) is 40.7 Å². The van der Waals surface area contributed by atoms with E-state index in [9.17, 15) is 4.79 Å². The highest BCUT2D eigenvalue weighted by Gasteiger charge is 2.26. The van der Waals surface area contributed by atoms with Crippen LogP contribution in [0.15, 0.2) is 35.1 Å². The van der Waals surface area contributed by atoms with Crippen LogP contribution in [0.5, 0.6) is 0 Å². The fraction of sp³-hybridized carbons (Fsp3) is 0.400. The SMILES string of the molecule is CC(C)C(C)(CN)Nc1cc2ccccc2c(=O)[nH]1. The van der Waals surface area contributed by atoms with Gasteiger partial charge in [0.2, 0.25) is 0 Å². The summed E-state index contributed by atoms with van der Waals surface area (Å²) in [6.07, 6.45) is 0. The number of hydrogen-bond acceptors (Lipinski definition) is 3. The molecule has 2 rings (SSSR count). The summed E-state index contributed by atoms with van der Waals surface area (Å²) >= 11 is 0. The van der Waals surface area contributed by atoms with Gasteiger partial charge in [0.25, 0.3) is 5.56 Å². The summed E-state index contributed by atoms with van der Waals surface area (Å²) < 4.78 is 0. The van der Waals surface area contributed by atoms with Crippen molar-refractivity contribution in [1.29, 1.82) is 0 Å². The Morgan fingerprint density at radius 1 is 1.37 bits per heavy atom. The van der Waals surface area contributed by atoms with Crippen LogP contribution in [-0.2, 0) is 0 Å². The number of pyridine rings is 1. The molecule has 2 aromatic rings. The summed E-state index contributed by atoms with van der Waals surface area (Å²) in [5.74, 6) is 1.07. The van der Waals surface area contributed by atoms with Crippen molar-refractivity contribution in [2.45, 2.75) is 26.3 Å². The lowest BCUT2D eigenvalue weighted by molar-refractivity contribution is 0.381. The van der Waals surface area contributed by atoms with Crippen LogP contribution in [0, 0.1) is 5.92 Å². The number of anilines is 1. The molecule has 1 aromatic carbocycles. The van der Waals surface area contributed by atoms with Crippen molar-refractivity contribution in [1.82, 2.24) is 4.98 Å². The number of fused-ring (bicyclic) bond motifs is 1. The minimum atomic E-state index is -0.245. The minimum absolute atomic E-state index is 0.0799. The van der Waals surface area contributed by atoms with E-state index in [1.807, 2.05) is 30.3 Å². The molecular weight excluding hydrogens is 238 g/mol. The van der Waals surface area contributed by atoms with E-state index in [4.69, 9.17) is 5.73 Å². The van der Waals surface area contributed by atoms with Crippen molar-refractivity contribution in [3.63, 3.8) is 0 Å². The summed E-state index contributed by atoms with van der Waals surface area (Å²) in [5.41, 5.74) is 5.53. The molecule has 0 saturated heterocycles. The Labute approximate surface area is 113 Å². The van der Waals surface area contributed by atoms with Crippen molar-refractivity contribution >= 4 is 16.6 Å². The Morgan fingerprint density at radius 2 is 2.05 bits per heavy atom. The zero-order valence-corrected chi connectivity index (χ0v) is 11.7. The second-order valence-electron chi connectivity index (χ2n) is 5.50. The highest BCUT2D eigenvalue weighted by atomic mass is 16.1. The summed E-state index contributed by atoms with van der Waals surface area (Å²) in [4.78, 5) is 14.9. The maximum Gasteiger partial charge on any atom is 0.257 e. The van der Waals surface area contributed by atoms with Crippen molar-refractivity contribution in [2.75, 3.05) is 11.9 Å². The standard InChI is InChI=1S/C15H21N3O/c1-10(2)15(3,9-16)18-13-8-11-6-4-5-7-12(11)14(19)17-13/h4-8,10H,9,16H2,1-3H3,(H2,17,18,19). The van der Waals surface area contributed by atoms with E-state index < -0.39 is 0 Å². The van der Waals surface area contributed by atoms with Gasteiger partial charge in [-0.2, -0.15) is 0 Å². The number of nitrogens with one attached hydrogen (secondary N) is 2. The predicted octanol–water partition coefficient (Wildman–Crippen LogP) is 2.31. The number of H-pyrrole nitrogens is 1. The van der Waals surface area contributed by atoms with E-state index in [1.54, 1.807) is 0 Å². The van der Waals surface area contributed by atoms with Crippen LogP contribution in [0.1, 0.15) is 20.8 Å². The van der Waals surface area contributed by atoms with Crippen LogP contribution in [0.3, 0.4) is 0 Å². The van der Waals surface area contributed by atoms with Gasteiger partial charge < -0.3 is 16.0 Å². The molecule has 1 heterocycles. The third-order valence-electron chi connectivity index (χ3n) is 3.87. The molecule has 0 aliphatic heterocycles. The molecule has 0 saturated carbocycles. The molecule has 19 heavy (non-hydrogen) atoms. The number of rotatable bonds is 4. The van der Waals surface area contributed by atoms with Gasteiger partial charge in [-0.25, -0.2) is 0 Å². The van der Waals surface area contributed by atoms with Crippen molar-refractivity contribution < 1.29 is 0 Å². The summed E-state index contributed by atoms with van der Waals surface area (Å²) in [5, 5.41) is 4.99. The molecular formula is C15H21N3O. The fourth-order valence-electron chi connectivity index (χ4n) is 2.02. The molecule has 0 bridgehead atoms. The molecule has 0 amide bonds. The third-order valence-corrected chi connectivity index (χ3v) is 3.87. The van der Waals surface area contributed by atoms with Crippen molar-refractivity contribution in [3.8, 4) is 0 Å². The molecule has 0 aliphatic rings. The molecule has 1 aromatic heterocycles. The zero-order valence-electron chi connectivity index (χ0n) is 11.7. The molecule has 0 fully saturated rings. The second-order valence-corrected chi connectivity index (χ2v) is 5.50. The zero-order chi connectivity index (χ0) is 14.0. The van der Waals surface area contributed by atoms with Gasteiger partial charge in [-0.05, 0) is 30.4 Å². The maximum absolute atomic E-state index is 12.0. The van der Waals surface area contributed by atoms with E-state index in [2.05, 4.69) is 31.1 Å². The van der Waals surface area contributed by atoms with Crippen LogP contribution in [0.4, 0.5) is 5.82 Å². The topological polar surface area (TPSA) is 70.9 Å². The number of nitrogens with two attached hydrogens (primary N) is 1. The monoisotopic (exact) mass is 259 g/mol. The smallest absolute Gasteiger partial charge is 0.257 e. The molecule has 4 nitrogen and oxygen atoms in total. The molecule has 0 radical (unpaired) electrons. The Hall–Kier alpha value is -1.81. The third kappa shape index (κ3) is 2.63. The van der Waals surface area contributed by atoms with Gasteiger partial charge >= 0.3 is 0 Å². The Morgan fingerprint density at radius 3 is 2.68 bits per heavy atom. The van der Waals surface area contributed by atoms with E-state index in [0.717, 1.165) is 5.39 Å². The molecule has 4 N–H and O–H groups in total. The van der Waals surface area contributed by atoms with Gasteiger partial charge in [-0.3, -0.25) is 4.79 Å². The first-order valence-corrected chi connectivity index (χ1v) is 6.56. The lowest BCUT2D eigenvalue weighted by Gasteiger charge is -2.34. The average molecular weight is 259 g/mol. The first-order chi connectivity index (χ1) is 8.96. The van der Waals surface area contributed by atoms with Crippen LogP contribution in [-0.4, -0.2) is 17.1 Å². The molecule has 4 heteroatoms. The van der Waals surface area contributed by atoms with E-state index >= 15 is 0 Å². The lowest BCUT2D eigenvalue weighted by atomic mass is 9.88. The Bertz CT molecular complexity index is 633. The first-order valence-electron chi connectivity index (χ1n) is 6.56. The maximum atomic E-state index is 12.0. The number of aromatic nitrogens is 1. The fourth-order valence-corrected chi connectivity index (χ4v) is 2.02. The van der Waals surface area contributed by atoms with E-state index in [0.29, 0.717) is 23.7 Å². The van der Waals surface area contributed by atoms with Gasteiger partial charge in [-0.1, -0.05) is 32.0 Å². The summed E-state index contributed by atoms with van der Waals surface area (Å²) in [6, 6.07) is 9.50. The molecule has 1 unspecified atom stereocenters. The Kier molecular flexibility index (Phi) is 3.62. The molecule has 0 aliphatic carbocycles. The van der Waals surface area contributed by atoms with Gasteiger partial charge in [0, 0.05) is 11.9 Å². The van der Waals surface area contributed by atoms with Gasteiger partial charge in [-0.15, -0.1) is 0 Å². The minimum Gasteiger partial charge on any atom is -0.365 e. The molecule has 0 spiro atoms. The van der Waals surface area contributed by atoms with Crippen molar-refractivity contribution in [2.24, 2.45) is 11.7 Å². The van der Waals surface area contributed by atoms with Crippen LogP contribution in [0.25, 0.3) is 10.8 Å². The average Bonchev–Trinajstić information content (AvgIpc) is 2.38. The largest absolute Gasteiger partial charge is 0.365 e. The molecule has 102 valence electrons. The quantitative estimate of drug-likeness (QED) is 0.789. The second kappa shape index (κ2) is 5.05. The summed E-state index contributed by atoms with van der Waals surface area (Å²) in [7, 11) is 0. The van der Waals surface area contributed by atoms with Crippen LogP contribution in [0.2, 0.25) is 0 Å². The number of hydrogen-bond donors (Lipinski definition) is 3.